The van der Waals surface area contributed by atoms with Crippen LogP contribution in [0.25, 0.3) is 0 Å². The van der Waals surface area contributed by atoms with Crippen LogP contribution in [0.4, 0.5) is 0 Å². The van der Waals surface area contributed by atoms with Gasteiger partial charge in [-0.25, -0.2) is 5.48 Å². The van der Waals surface area contributed by atoms with Crippen molar-refractivity contribution in [1.29, 1.82) is 0 Å². The summed E-state index contributed by atoms with van der Waals surface area (Å²) in [5, 5.41) is 0. The Kier molecular flexibility index (Phi) is 8.77. The molecule has 1 aromatic rings. The van der Waals surface area contributed by atoms with E-state index in [-0.39, 0.29) is 5.91 Å². The number of piperidine rings is 1. The topological polar surface area (TPSA) is 50.8 Å². The maximum absolute atomic E-state index is 10.7. The summed E-state index contributed by atoms with van der Waals surface area (Å²) in [6.07, 6.45) is 6.87. The van der Waals surface area contributed by atoms with Crippen LogP contribution < -0.4 is 10.2 Å². The number of nitrogens with one attached hydrogen (secondary N) is 1. The summed E-state index contributed by atoms with van der Waals surface area (Å²) in [5.41, 5.74) is 3.68. The number of unbranched alkanes of at least 4 members (excludes halogenated alkanes) is 1. The molecule has 25 heavy (non-hydrogen) atoms. The third kappa shape index (κ3) is 7.04. The minimum absolute atomic E-state index is 0.174. The van der Waals surface area contributed by atoms with E-state index in [1.54, 1.807) is 0 Å². The zero-order chi connectivity index (χ0) is 17.9. The van der Waals surface area contributed by atoms with Crippen LogP contribution >= 0.6 is 0 Å². The van der Waals surface area contributed by atoms with Crippen LogP contribution in [0, 0.1) is 0 Å². The number of hydrogen-bond acceptors (Lipinski definition) is 4. The molecule has 5 nitrogen and oxygen atoms in total. The van der Waals surface area contributed by atoms with Crippen molar-refractivity contribution in [3.63, 3.8) is 0 Å². The first-order valence-electron chi connectivity index (χ1n) is 9.56. The number of amides is 1. The molecule has 140 valence electrons. The Hall–Kier alpha value is -1.59. The molecule has 1 aliphatic rings. The van der Waals surface area contributed by atoms with Crippen molar-refractivity contribution in [2.75, 3.05) is 26.3 Å². The molecule has 5 heteroatoms. The van der Waals surface area contributed by atoms with Crippen molar-refractivity contribution >= 4 is 5.91 Å². The number of ether oxygens (including phenoxy) is 1. The van der Waals surface area contributed by atoms with Crippen LogP contribution in [0.2, 0.25) is 0 Å². The second-order valence-corrected chi connectivity index (χ2v) is 6.66. The number of likely N-dealkylation sites (tertiary alicyclic amines) is 1. The van der Waals surface area contributed by atoms with Gasteiger partial charge < -0.3 is 4.74 Å². The number of carbonyl (C=O) groups excluding carboxylic acids is 1. The lowest BCUT2D eigenvalue weighted by Gasteiger charge is -2.34. The van der Waals surface area contributed by atoms with Gasteiger partial charge in [0.1, 0.15) is 5.75 Å². The highest BCUT2D eigenvalue weighted by molar-refractivity contribution is 5.71. The Morgan fingerprint density at radius 2 is 1.96 bits per heavy atom. The number of hydrogen-bond donors (Lipinski definition) is 1. The number of hydroxylamine groups is 1. The summed E-state index contributed by atoms with van der Waals surface area (Å²) >= 11 is 0. The van der Waals surface area contributed by atoms with Gasteiger partial charge in [0, 0.05) is 13.0 Å². The molecule has 0 bridgehead atoms. The fourth-order valence-electron chi connectivity index (χ4n) is 3.37. The maximum Gasteiger partial charge on any atom is 0.240 e. The SMILES string of the molecule is CCC(c1cccc(OCCCCONC(C)=O)c1)N1CCCCC1. The van der Waals surface area contributed by atoms with Gasteiger partial charge in [0.05, 0.1) is 13.2 Å². The molecule has 1 atom stereocenters. The number of carbonyl (C=O) groups is 1. The Morgan fingerprint density at radius 3 is 2.68 bits per heavy atom. The van der Waals surface area contributed by atoms with Crippen molar-refractivity contribution in [3.05, 3.63) is 29.8 Å². The van der Waals surface area contributed by atoms with Crippen molar-refractivity contribution in [3.8, 4) is 5.75 Å². The summed E-state index contributed by atoms with van der Waals surface area (Å²) in [4.78, 5) is 18.3. The normalized spacial score (nSPS) is 16.4. The molecule has 1 amide bonds. The van der Waals surface area contributed by atoms with Crippen LogP contribution in [0.5, 0.6) is 5.75 Å². The second kappa shape index (κ2) is 11.1. The molecule has 1 aromatic carbocycles. The standard InChI is InChI=1S/C20H32N2O3/c1-3-20(22-12-5-4-6-13-22)18-10-9-11-19(16-18)24-14-7-8-15-25-21-17(2)23/h9-11,16,20H,3-8,12-15H2,1-2H3,(H,21,23). The smallest absolute Gasteiger partial charge is 0.240 e. The highest BCUT2D eigenvalue weighted by Crippen LogP contribution is 2.29. The molecule has 1 aliphatic heterocycles. The molecule has 2 rings (SSSR count). The van der Waals surface area contributed by atoms with Gasteiger partial charge in [-0.1, -0.05) is 25.5 Å². The van der Waals surface area contributed by atoms with Gasteiger partial charge in [0.2, 0.25) is 5.91 Å². The summed E-state index contributed by atoms with van der Waals surface area (Å²) in [5.74, 6) is 0.767. The second-order valence-electron chi connectivity index (χ2n) is 6.66. The van der Waals surface area contributed by atoms with Crippen LogP contribution in [0.15, 0.2) is 24.3 Å². The summed E-state index contributed by atoms with van der Waals surface area (Å²) in [6, 6.07) is 9.03. The lowest BCUT2D eigenvalue weighted by atomic mass is 9.99. The third-order valence-corrected chi connectivity index (χ3v) is 4.59. The molecule has 1 heterocycles. The molecule has 0 radical (unpaired) electrons. The molecule has 0 aromatic heterocycles. The van der Waals surface area contributed by atoms with E-state index < -0.39 is 0 Å². The first-order chi connectivity index (χ1) is 12.2. The van der Waals surface area contributed by atoms with E-state index in [0.29, 0.717) is 19.3 Å². The number of rotatable bonds is 10. The van der Waals surface area contributed by atoms with E-state index in [4.69, 9.17) is 9.57 Å². The van der Waals surface area contributed by atoms with Gasteiger partial charge in [-0.2, -0.15) is 0 Å². The zero-order valence-corrected chi connectivity index (χ0v) is 15.6. The van der Waals surface area contributed by atoms with Gasteiger partial charge in [0.15, 0.2) is 0 Å². The highest BCUT2D eigenvalue weighted by Gasteiger charge is 2.20. The van der Waals surface area contributed by atoms with Gasteiger partial charge in [0.25, 0.3) is 0 Å². The molecule has 1 unspecified atom stereocenters. The lowest BCUT2D eigenvalue weighted by molar-refractivity contribution is -0.131. The van der Waals surface area contributed by atoms with E-state index in [1.807, 2.05) is 6.07 Å². The molecule has 1 fully saturated rings. The lowest BCUT2D eigenvalue weighted by Crippen LogP contribution is -2.33. The van der Waals surface area contributed by atoms with E-state index in [1.165, 1.54) is 44.8 Å². The quantitative estimate of drug-likeness (QED) is 0.515. The predicted octanol–water partition coefficient (Wildman–Crippen LogP) is 3.85. The summed E-state index contributed by atoms with van der Waals surface area (Å²) < 4.78 is 5.89. The van der Waals surface area contributed by atoms with Crippen LogP contribution in [0.3, 0.4) is 0 Å². The minimum atomic E-state index is -0.174. The fourth-order valence-corrected chi connectivity index (χ4v) is 3.37. The highest BCUT2D eigenvalue weighted by atomic mass is 16.6. The molecule has 1 N–H and O–H groups in total. The van der Waals surface area contributed by atoms with Gasteiger partial charge in [-0.3, -0.25) is 14.5 Å². The van der Waals surface area contributed by atoms with E-state index in [9.17, 15) is 4.79 Å². The summed E-state index contributed by atoms with van der Waals surface area (Å²) in [6.45, 7) is 7.28. The Morgan fingerprint density at radius 1 is 1.20 bits per heavy atom. The van der Waals surface area contributed by atoms with Gasteiger partial charge in [-0.05, 0) is 62.9 Å². The molecular formula is C20H32N2O3. The van der Waals surface area contributed by atoms with Gasteiger partial charge >= 0.3 is 0 Å². The average Bonchev–Trinajstić information content (AvgIpc) is 2.63. The average molecular weight is 348 g/mol. The van der Waals surface area contributed by atoms with Crippen molar-refractivity contribution in [1.82, 2.24) is 10.4 Å². The molecule has 0 saturated carbocycles. The number of nitrogens with zero attached hydrogens (tertiary/aromatic N) is 1. The van der Waals surface area contributed by atoms with E-state index in [0.717, 1.165) is 25.0 Å². The Bertz CT molecular complexity index is 515. The molecule has 0 aliphatic carbocycles. The van der Waals surface area contributed by atoms with E-state index in [2.05, 4.69) is 35.5 Å². The van der Waals surface area contributed by atoms with Crippen molar-refractivity contribution in [2.24, 2.45) is 0 Å². The summed E-state index contributed by atoms with van der Waals surface area (Å²) in [7, 11) is 0. The van der Waals surface area contributed by atoms with Crippen LogP contribution in [0.1, 0.15) is 64.0 Å². The minimum Gasteiger partial charge on any atom is -0.494 e. The molecular weight excluding hydrogens is 316 g/mol. The number of benzene rings is 1. The predicted molar refractivity (Wildman–Crippen MR) is 99.4 cm³/mol. The van der Waals surface area contributed by atoms with Gasteiger partial charge in [-0.15, -0.1) is 0 Å². The van der Waals surface area contributed by atoms with Crippen molar-refractivity contribution < 1.29 is 14.4 Å². The maximum atomic E-state index is 10.7. The first kappa shape index (κ1) is 19.7. The molecule has 1 saturated heterocycles. The zero-order valence-electron chi connectivity index (χ0n) is 15.6. The first-order valence-corrected chi connectivity index (χ1v) is 9.56. The van der Waals surface area contributed by atoms with Crippen LogP contribution in [-0.2, 0) is 9.63 Å². The Balaban J connectivity index is 1.76. The van der Waals surface area contributed by atoms with Crippen molar-refractivity contribution in [2.45, 2.75) is 58.4 Å². The third-order valence-electron chi connectivity index (χ3n) is 4.59. The largest absolute Gasteiger partial charge is 0.494 e. The monoisotopic (exact) mass is 348 g/mol. The fraction of sp³-hybridized carbons (Fsp3) is 0.650. The van der Waals surface area contributed by atoms with Crippen LogP contribution in [-0.4, -0.2) is 37.1 Å². The molecule has 0 spiro atoms. The Labute approximate surface area is 151 Å². The van der Waals surface area contributed by atoms with E-state index >= 15 is 0 Å².